The third kappa shape index (κ3) is 3.07. The minimum Gasteiger partial charge on any atom is -0.508 e. The van der Waals surface area contributed by atoms with Gasteiger partial charge in [-0.1, -0.05) is 25.6 Å². The molecule has 3 rings (SSSR count). The molecule has 2 aromatic rings. The Morgan fingerprint density at radius 3 is 2.82 bits per heavy atom. The third-order valence-corrected chi connectivity index (χ3v) is 4.84. The number of phenols is 1. The number of aromatic hydroxyl groups is 1. The van der Waals surface area contributed by atoms with Crippen molar-refractivity contribution in [3.05, 3.63) is 41.2 Å². The van der Waals surface area contributed by atoms with E-state index in [1.54, 1.807) is 12.1 Å². The molecule has 0 saturated heterocycles. The summed E-state index contributed by atoms with van der Waals surface area (Å²) in [6.45, 7) is 4.31. The first-order valence-electron chi connectivity index (χ1n) is 7.66. The molecule has 0 amide bonds. The summed E-state index contributed by atoms with van der Waals surface area (Å²) in [7, 11) is 0. The average molecular weight is 316 g/mol. The Bertz CT molecular complexity index is 700. The van der Waals surface area contributed by atoms with Crippen molar-refractivity contribution in [2.45, 2.75) is 33.1 Å². The van der Waals surface area contributed by atoms with Crippen molar-refractivity contribution in [3.8, 4) is 17.1 Å². The smallest absolute Gasteiger partial charge is 0.254 e. The van der Waals surface area contributed by atoms with Crippen LogP contribution in [0, 0.1) is 5.92 Å². The quantitative estimate of drug-likeness (QED) is 0.890. The topological polar surface area (TPSA) is 50.4 Å². The van der Waals surface area contributed by atoms with Gasteiger partial charge < -0.3 is 9.52 Å². The predicted molar refractivity (Wildman–Crippen MR) is 89.5 cm³/mol. The van der Waals surface area contributed by atoms with Crippen LogP contribution >= 0.6 is 11.8 Å². The van der Waals surface area contributed by atoms with E-state index in [4.69, 9.17) is 4.42 Å². The van der Waals surface area contributed by atoms with E-state index in [9.17, 15) is 9.90 Å². The molecule has 1 aliphatic rings. The van der Waals surface area contributed by atoms with Crippen LogP contribution < -0.4 is 0 Å². The molecule has 1 N–H and O–H groups in total. The molecule has 0 bridgehead atoms. The Hall–Kier alpha value is -1.68. The van der Waals surface area contributed by atoms with Crippen LogP contribution in [0.4, 0.5) is 0 Å². The molecule has 1 aromatic carbocycles. The average Bonchev–Trinajstić information content (AvgIpc) is 2.90. The number of carbonyl (C=O) groups is 1. The van der Waals surface area contributed by atoms with Crippen molar-refractivity contribution < 1.29 is 14.3 Å². The van der Waals surface area contributed by atoms with E-state index >= 15 is 0 Å². The van der Waals surface area contributed by atoms with Crippen LogP contribution in [0.3, 0.4) is 0 Å². The summed E-state index contributed by atoms with van der Waals surface area (Å²) in [5.74, 6) is 2.93. The molecule has 3 nitrogen and oxygen atoms in total. The zero-order chi connectivity index (χ0) is 15.7. The Morgan fingerprint density at radius 1 is 1.27 bits per heavy atom. The van der Waals surface area contributed by atoms with Crippen LogP contribution in [0.15, 0.2) is 28.7 Å². The Morgan fingerprint density at radius 2 is 2.05 bits per heavy atom. The maximum Gasteiger partial charge on any atom is 0.254 e. The maximum absolute atomic E-state index is 12.2. The second kappa shape index (κ2) is 6.21. The standard InChI is InChI=1S/C18H20O3S/c1-11(2)7-8-22-18(20)16-10-13-4-3-12-9-14(19)5-6-15(12)17(13)21-16/h5-6,9-11,19H,3-4,7-8H2,1-2H3. The number of benzene rings is 1. The van der Waals surface area contributed by atoms with Gasteiger partial charge in [-0.2, -0.15) is 0 Å². The highest BCUT2D eigenvalue weighted by atomic mass is 32.2. The van der Waals surface area contributed by atoms with Crippen LogP contribution in [-0.4, -0.2) is 16.0 Å². The van der Waals surface area contributed by atoms with Gasteiger partial charge in [-0.25, -0.2) is 0 Å². The molecule has 0 radical (unpaired) electrons. The number of hydrogen-bond acceptors (Lipinski definition) is 4. The van der Waals surface area contributed by atoms with E-state index in [0.29, 0.717) is 11.7 Å². The Labute approximate surface area is 134 Å². The second-order valence-corrected chi connectivity index (χ2v) is 7.19. The molecule has 1 aromatic heterocycles. The molecule has 1 aliphatic carbocycles. The highest BCUT2D eigenvalue weighted by molar-refractivity contribution is 8.14. The van der Waals surface area contributed by atoms with Crippen LogP contribution in [0.25, 0.3) is 11.3 Å². The molecule has 0 aliphatic heterocycles. The van der Waals surface area contributed by atoms with Gasteiger partial charge in [0.25, 0.3) is 5.12 Å². The number of carbonyl (C=O) groups excluding carboxylic acids is 1. The van der Waals surface area contributed by atoms with Crippen molar-refractivity contribution in [1.82, 2.24) is 0 Å². The first-order chi connectivity index (χ1) is 10.5. The number of phenolic OH excluding ortho intramolecular Hbond substituents is 1. The predicted octanol–water partition coefficient (Wildman–Crippen LogP) is 4.67. The number of hydrogen-bond donors (Lipinski definition) is 1. The summed E-state index contributed by atoms with van der Waals surface area (Å²) in [6.07, 6.45) is 2.74. The zero-order valence-electron chi connectivity index (χ0n) is 12.9. The summed E-state index contributed by atoms with van der Waals surface area (Å²) >= 11 is 1.33. The molecule has 1 heterocycles. The molecule has 0 fully saturated rings. The van der Waals surface area contributed by atoms with E-state index in [1.807, 2.05) is 12.1 Å². The van der Waals surface area contributed by atoms with E-state index in [2.05, 4.69) is 13.8 Å². The molecule has 116 valence electrons. The van der Waals surface area contributed by atoms with Gasteiger partial charge in [0.05, 0.1) is 0 Å². The number of thioether (sulfide) groups is 1. The van der Waals surface area contributed by atoms with Crippen LogP contribution in [0.1, 0.15) is 41.9 Å². The van der Waals surface area contributed by atoms with Gasteiger partial charge in [0.15, 0.2) is 5.76 Å². The first kappa shape index (κ1) is 15.2. The van der Waals surface area contributed by atoms with E-state index in [0.717, 1.165) is 47.5 Å². The van der Waals surface area contributed by atoms with Crippen molar-refractivity contribution in [3.63, 3.8) is 0 Å². The van der Waals surface area contributed by atoms with E-state index in [1.165, 1.54) is 11.8 Å². The van der Waals surface area contributed by atoms with Crippen molar-refractivity contribution >= 4 is 16.9 Å². The third-order valence-electron chi connectivity index (χ3n) is 3.94. The number of rotatable bonds is 4. The summed E-state index contributed by atoms with van der Waals surface area (Å²) in [4.78, 5) is 12.2. The van der Waals surface area contributed by atoms with Gasteiger partial charge in [0.2, 0.25) is 0 Å². The SMILES string of the molecule is CC(C)CCSC(=O)c1cc2c(o1)-c1ccc(O)cc1CC2. The van der Waals surface area contributed by atoms with Gasteiger partial charge >= 0.3 is 0 Å². The molecular formula is C18H20O3S. The lowest BCUT2D eigenvalue weighted by molar-refractivity contribution is 0.106. The molecule has 4 heteroatoms. The van der Waals surface area contributed by atoms with Gasteiger partial charge in [-0.15, -0.1) is 0 Å². The largest absolute Gasteiger partial charge is 0.508 e. The first-order valence-corrected chi connectivity index (χ1v) is 8.65. The molecule has 0 saturated carbocycles. The minimum absolute atomic E-state index is 0.00961. The Kier molecular flexibility index (Phi) is 4.30. The monoisotopic (exact) mass is 316 g/mol. The fourth-order valence-corrected chi connectivity index (χ4v) is 3.70. The highest BCUT2D eigenvalue weighted by Gasteiger charge is 2.23. The summed E-state index contributed by atoms with van der Waals surface area (Å²) < 4.78 is 5.84. The summed E-state index contributed by atoms with van der Waals surface area (Å²) in [5.41, 5.74) is 3.16. The lowest BCUT2D eigenvalue weighted by Crippen LogP contribution is -2.00. The zero-order valence-corrected chi connectivity index (χ0v) is 13.7. The maximum atomic E-state index is 12.2. The number of fused-ring (bicyclic) bond motifs is 3. The fourth-order valence-electron chi connectivity index (χ4n) is 2.68. The lowest BCUT2D eigenvalue weighted by Gasteiger charge is -2.14. The van der Waals surface area contributed by atoms with E-state index in [-0.39, 0.29) is 10.9 Å². The van der Waals surface area contributed by atoms with Crippen LogP contribution in [0.5, 0.6) is 5.75 Å². The molecule has 22 heavy (non-hydrogen) atoms. The van der Waals surface area contributed by atoms with Crippen molar-refractivity contribution in [2.24, 2.45) is 5.92 Å². The summed E-state index contributed by atoms with van der Waals surface area (Å²) in [6, 6.07) is 7.19. The van der Waals surface area contributed by atoms with Crippen molar-refractivity contribution in [1.29, 1.82) is 0 Å². The van der Waals surface area contributed by atoms with Crippen LogP contribution in [0.2, 0.25) is 0 Å². The molecule has 0 unspecified atom stereocenters. The fraction of sp³-hybridized carbons (Fsp3) is 0.389. The van der Waals surface area contributed by atoms with E-state index < -0.39 is 0 Å². The number of aryl methyl sites for hydroxylation is 2. The van der Waals surface area contributed by atoms with Gasteiger partial charge in [0.1, 0.15) is 11.5 Å². The highest BCUT2D eigenvalue weighted by Crippen LogP contribution is 2.37. The lowest BCUT2D eigenvalue weighted by atomic mass is 9.91. The van der Waals surface area contributed by atoms with Gasteiger partial charge in [-0.3, -0.25) is 4.79 Å². The molecular weight excluding hydrogens is 296 g/mol. The van der Waals surface area contributed by atoms with Gasteiger partial charge in [0, 0.05) is 11.3 Å². The normalized spacial score (nSPS) is 13.0. The second-order valence-electron chi connectivity index (χ2n) is 6.12. The Balaban J connectivity index is 1.81. The summed E-state index contributed by atoms with van der Waals surface area (Å²) in [5, 5.41) is 9.59. The number of furan rings is 1. The van der Waals surface area contributed by atoms with Crippen molar-refractivity contribution in [2.75, 3.05) is 5.75 Å². The molecule has 0 spiro atoms. The molecule has 0 atom stereocenters. The van der Waals surface area contributed by atoms with Crippen LogP contribution in [-0.2, 0) is 12.8 Å². The van der Waals surface area contributed by atoms with Gasteiger partial charge in [-0.05, 0) is 60.6 Å². The minimum atomic E-state index is 0.00961.